The summed E-state index contributed by atoms with van der Waals surface area (Å²) >= 11 is 0. The Bertz CT molecular complexity index is 750. The van der Waals surface area contributed by atoms with Crippen LogP contribution in [0, 0.1) is 5.92 Å². The highest BCUT2D eigenvalue weighted by atomic mass is 32.2. The molecule has 1 N–H and O–H groups in total. The molecule has 3 rings (SSSR count). The van der Waals surface area contributed by atoms with Gasteiger partial charge >= 0.3 is 5.97 Å². The second-order valence-corrected chi connectivity index (χ2v) is 8.44. The third-order valence-corrected chi connectivity index (χ3v) is 6.84. The fourth-order valence-corrected chi connectivity index (χ4v) is 5.26. The van der Waals surface area contributed by atoms with Gasteiger partial charge in [-0.1, -0.05) is 18.2 Å². The van der Waals surface area contributed by atoms with E-state index in [1.165, 1.54) is 21.3 Å². The highest BCUT2D eigenvalue weighted by Gasteiger charge is 2.42. The summed E-state index contributed by atoms with van der Waals surface area (Å²) in [5.74, 6) is -1.75. The van der Waals surface area contributed by atoms with Crippen LogP contribution in [0.25, 0.3) is 0 Å². The average Bonchev–Trinajstić information content (AvgIpc) is 3.12. The number of rotatable bonds is 4. The van der Waals surface area contributed by atoms with Gasteiger partial charge in [-0.15, -0.1) is 0 Å². The number of amides is 1. The summed E-state index contributed by atoms with van der Waals surface area (Å²) in [6.07, 6.45) is 2.27. The smallest absolute Gasteiger partial charge is 0.308 e. The quantitative estimate of drug-likeness (QED) is 0.863. The molecule has 8 heteroatoms. The maximum Gasteiger partial charge on any atom is 0.308 e. The molecule has 2 saturated heterocycles. The number of nitrogens with zero attached hydrogens (tertiary/aromatic N) is 2. The monoisotopic (exact) mass is 366 g/mol. The minimum atomic E-state index is -3.73. The molecule has 0 aromatic heterocycles. The number of hydrogen-bond acceptors (Lipinski definition) is 4. The molecular formula is C17H22N2O5S. The van der Waals surface area contributed by atoms with Crippen LogP contribution < -0.4 is 0 Å². The molecule has 2 atom stereocenters. The van der Waals surface area contributed by atoms with Gasteiger partial charge in [-0.2, -0.15) is 4.31 Å². The molecule has 1 aromatic rings. The van der Waals surface area contributed by atoms with Gasteiger partial charge in [0, 0.05) is 19.6 Å². The number of hydrogen-bond donors (Lipinski definition) is 1. The molecule has 0 bridgehead atoms. The molecule has 7 nitrogen and oxygen atoms in total. The Kier molecular flexibility index (Phi) is 5.10. The van der Waals surface area contributed by atoms with E-state index >= 15 is 0 Å². The molecule has 2 heterocycles. The number of carboxylic acids is 1. The number of carbonyl (C=O) groups is 2. The number of aliphatic carboxylic acids is 1. The largest absolute Gasteiger partial charge is 0.481 e. The van der Waals surface area contributed by atoms with E-state index in [1.54, 1.807) is 18.2 Å². The summed E-state index contributed by atoms with van der Waals surface area (Å²) in [5, 5.41) is 9.19. The SMILES string of the molecule is O=C(O)C1CCCN(C(=O)C2CCCN2S(=O)(=O)c2ccccc2)C1. The van der Waals surface area contributed by atoms with Crippen LogP contribution in [0.3, 0.4) is 0 Å². The third-order valence-electron chi connectivity index (χ3n) is 4.92. The van der Waals surface area contributed by atoms with Gasteiger partial charge in [-0.05, 0) is 37.8 Å². The summed E-state index contributed by atoms with van der Waals surface area (Å²) in [4.78, 5) is 25.8. The average molecular weight is 366 g/mol. The first-order valence-electron chi connectivity index (χ1n) is 8.50. The van der Waals surface area contributed by atoms with Crippen molar-refractivity contribution < 1.29 is 23.1 Å². The Balaban J connectivity index is 1.79. The molecular weight excluding hydrogens is 344 g/mol. The van der Waals surface area contributed by atoms with Gasteiger partial charge in [-0.3, -0.25) is 9.59 Å². The molecule has 2 aliphatic heterocycles. The van der Waals surface area contributed by atoms with E-state index in [0.717, 1.165) is 0 Å². The highest BCUT2D eigenvalue weighted by molar-refractivity contribution is 7.89. The van der Waals surface area contributed by atoms with Crippen molar-refractivity contribution in [1.82, 2.24) is 9.21 Å². The first kappa shape index (κ1) is 17.9. The third kappa shape index (κ3) is 3.55. The van der Waals surface area contributed by atoms with Gasteiger partial charge in [0.25, 0.3) is 0 Å². The summed E-state index contributed by atoms with van der Waals surface area (Å²) in [7, 11) is -3.73. The van der Waals surface area contributed by atoms with E-state index < -0.39 is 28.0 Å². The zero-order chi connectivity index (χ0) is 18.0. The first-order chi connectivity index (χ1) is 11.9. The maximum absolute atomic E-state index is 12.9. The van der Waals surface area contributed by atoms with E-state index in [1.807, 2.05) is 0 Å². The van der Waals surface area contributed by atoms with Crippen molar-refractivity contribution in [2.45, 2.75) is 36.6 Å². The van der Waals surface area contributed by atoms with E-state index in [2.05, 4.69) is 0 Å². The summed E-state index contributed by atoms with van der Waals surface area (Å²) < 4.78 is 27.0. The van der Waals surface area contributed by atoms with Crippen molar-refractivity contribution in [3.05, 3.63) is 30.3 Å². The molecule has 2 unspecified atom stereocenters. The lowest BCUT2D eigenvalue weighted by Crippen LogP contribution is -2.51. The van der Waals surface area contributed by atoms with Gasteiger partial charge in [0.15, 0.2) is 0 Å². The van der Waals surface area contributed by atoms with Crippen LogP contribution in [0.4, 0.5) is 0 Å². The van der Waals surface area contributed by atoms with Gasteiger partial charge in [0.1, 0.15) is 6.04 Å². The minimum Gasteiger partial charge on any atom is -0.481 e. The normalized spacial score (nSPS) is 25.0. The predicted molar refractivity (Wildman–Crippen MR) is 90.3 cm³/mol. The Morgan fingerprint density at radius 2 is 1.72 bits per heavy atom. The Labute approximate surface area is 147 Å². The first-order valence-corrected chi connectivity index (χ1v) is 9.94. The van der Waals surface area contributed by atoms with E-state index in [9.17, 15) is 23.1 Å². The van der Waals surface area contributed by atoms with Crippen molar-refractivity contribution in [2.24, 2.45) is 5.92 Å². The summed E-state index contributed by atoms with van der Waals surface area (Å²) in [5.41, 5.74) is 0. The molecule has 0 spiro atoms. The van der Waals surface area contributed by atoms with Gasteiger partial charge in [0.05, 0.1) is 10.8 Å². The fraction of sp³-hybridized carbons (Fsp3) is 0.529. The lowest BCUT2D eigenvalue weighted by Gasteiger charge is -2.34. The number of sulfonamides is 1. The molecule has 25 heavy (non-hydrogen) atoms. The number of carbonyl (C=O) groups excluding carboxylic acids is 1. The van der Waals surface area contributed by atoms with E-state index in [-0.39, 0.29) is 17.3 Å². The van der Waals surface area contributed by atoms with Crippen molar-refractivity contribution in [2.75, 3.05) is 19.6 Å². The summed E-state index contributed by atoms with van der Waals surface area (Å²) in [6, 6.07) is 7.36. The van der Waals surface area contributed by atoms with Crippen LogP contribution in [0.5, 0.6) is 0 Å². The number of benzene rings is 1. The number of piperidine rings is 1. The molecule has 0 saturated carbocycles. The Hall–Kier alpha value is -1.93. The number of likely N-dealkylation sites (tertiary alicyclic amines) is 1. The second-order valence-electron chi connectivity index (χ2n) is 6.55. The van der Waals surface area contributed by atoms with Crippen LogP contribution in [0.15, 0.2) is 35.2 Å². The molecule has 1 amide bonds. The molecule has 2 fully saturated rings. The van der Waals surface area contributed by atoms with Gasteiger partial charge < -0.3 is 10.0 Å². The zero-order valence-electron chi connectivity index (χ0n) is 13.9. The molecule has 136 valence electrons. The highest BCUT2D eigenvalue weighted by Crippen LogP contribution is 2.28. The Morgan fingerprint density at radius 1 is 1.04 bits per heavy atom. The molecule has 0 radical (unpaired) electrons. The lowest BCUT2D eigenvalue weighted by molar-refractivity contribution is -0.146. The maximum atomic E-state index is 12.9. The van der Waals surface area contributed by atoms with Crippen LogP contribution in [0.2, 0.25) is 0 Å². The molecule has 2 aliphatic rings. The zero-order valence-corrected chi connectivity index (χ0v) is 14.7. The standard InChI is InChI=1S/C17H22N2O5S/c20-16(18-10-4-6-13(12-18)17(21)22)15-9-5-11-19(15)25(23,24)14-7-2-1-3-8-14/h1-3,7-8,13,15H,4-6,9-12H2,(H,21,22). The van der Waals surface area contributed by atoms with Crippen LogP contribution in [0.1, 0.15) is 25.7 Å². The molecule has 0 aliphatic carbocycles. The fourth-order valence-electron chi connectivity index (χ4n) is 3.59. The van der Waals surface area contributed by atoms with Crippen LogP contribution in [-0.2, 0) is 19.6 Å². The van der Waals surface area contributed by atoms with Crippen molar-refractivity contribution in [3.8, 4) is 0 Å². The summed E-state index contributed by atoms with van der Waals surface area (Å²) in [6.45, 7) is 0.950. The lowest BCUT2D eigenvalue weighted by atomic mass is 9.97. The van der Waals surface area contributed by atoms with Gasteiger partial charge in [0.2, 0.25) is 15.9 Å². The topological polar surface area (TPSA) is 95.0 Å². The van der Waals surface area contributed by atoms with Crippen LogP contribution >= 0.6 is 0 Å². The van der Waals surface area contributed by atoms with E-state index in [4.69, 9.17) is 0 Å². The van der Waals surface area contributed by atoms with Crippen molar-refractivity contribution in [3.63, 3.8) is 0 Å². The Morgan fingerprint density at radius 3 is 2.40 bits per heavy atom. The predicted octanol–water partition coefficient (Wildman–Crippen LogP) is 1.16. The minimum absolute atomic E-state index is 0.157. The van der Waals surface area contributed by atoms with Crippen molar-refractivity contribution in [1.29, 1.82) is 0 Å². The second kappa shape index (κ2) is 7.13. The van der Waals surface area contributed by atoms with Crippen LogP contribution in [-0.4, -0.2) is 60.3 Å². The van der Waals surface area contributed by atoms with E-state index in [0.29, 0.717) is 38.8 Å². The van der Waals surface area contributed by atoms with Crippen molar-refractivity contribution >= 4 is 21.9 Å². The van der Waals surface area contributed by atoms with Gasteiger partial charge in [-0.25, -0.2) is 8.42 Å². The molecule has 1 aromatic carbocycles. The number of carboxylic acid groups (broad SMARTS) is 1.